The Morgan fingerprint density at radius 1 is 1.07 bits per heavy atom. The van der Waals surface area contributed by atoms with Gasteiger partial charge in [-0.2, -0.15) is 0 Å². The van der Waals surface area contributed by atoms with Gasteiger partial charge in [-0.25, -0.2) is 37.1 Å². The fourth-order valence-electron chi connectivity index (χ4n) is 5.03. The Kier molecular flexibility index (Phi) is 8.67. The quantitative estimate of drug-likeness (QED) is 0.233. The summed E-state index contributed by atoms with van der Waals surface area (Å²) in [5.41, 5.74) is -0.147. The Hall–Kier alpha value is -3.74. The highest BCUT2D eigenvalue weighted by atomic mass is 35.5. The number of pyridine rings is 1. The summed E-state index contributed by atoms with van der Waals surface area (Å²) in [6.45, 7) is 0. The molecule has 0 amide bonds. The molecule has 0 atom stereocenters. The van der Waals surface area contributed by atoms with E-state index >= 15 is 4.39 Å². The van der Waals surface area contributed by atoms with Crippen molar-refractivity contribution in [2.24, 2.45) is 10.9 Å². The molecule has 220 valence electrons. The molecule has 1 aliphatic rings. The summed E-state index contributed by atoms with van der Waals surface area (Å²) in [5, 5.41) is 0.577. The average molecular weight is 615 g/mol. The normalized spacial score (nSPS) is 17.7. The van der Waals surface area contributed by atoms with Gasteiger partial charge in [-0.15, -0.1) is 0 Å². The molecular formula is C29H29ClF2N6O3S. The van der Waals surface area contributed by atoms with Crippen LogP contribution in [-0.2, 0) is 10.0 Å². The second-order valence-corrected chi connectivity index (χ2v) is 12.4. The van der Waals surface area contributed by atoms with Gasteiger partial charge < -0.3 is 9.64 Å². The van der Waals surface area contributed by atoms with E-state index in [1.165, 1.54) is 25.4 Å². The first kappa shape index (κ1) is 29.7. The van der Waals surface area contributed by atoms with E-state index in [9.17, 15) is 12.8 Å². The molecule has 0 bridgehead atoms. The number of rotatable bonds is 8. The molecule has 0 radical (unpaired) electrons. The Morgan fingerprint density at radius 2 is 1.83 bits per heavy atom. The lowest BCUT2D eigenvalue weighted by Crippen LogP contribution is -2.32. The number of hydrogen-bond acceptors (Lipinski definition) is 8. The molecule has 2 aromatic carbocycles. The van der Waals surface area contributed by atoms with Gasteiger partial charge >= 0.3 is 0 Å². The van der Waals surface area contributed by atoms with Crippen LogP contribution in [-0.4, -0.2) is 61.7 Å². The van der Waals surface area contributed by atoms with Gasteiger partial charge in [-0.1, -0.05) is 17.7 Å². The third kappa shape index (κ3) is 6.35. The molecule has 0 aliphatic heterocycles. The summed E-state index contributed by atoms with van der Waals surface area (Å²) < 4.78 is 63.8. The number of ether oxygens (including phenoxy) is 1. The first-order valence-electron chi connectivity index (χ1n) is 13.2. The zero-order valence-electron chi connectivity index (χ0n) is 23.2. The molecule has 9 nitrogen and oxygen atoms in total. The summed E-state index contributed by atoms with van der Waals surface area (Å²) in [7, 11) is 1.05. The molecule has 0 unspecified atom stereocenters. The second-order valence-electron chi connectivity index (χ2n) is 10.3. The van der Waals surface area contributed by atoms with E-state index in [1.807, 2.05) is 6.21 Å². The second kappa shape index (κ2) is 12.2. The zero-order valence-corrected chi connectivity index (χ0v) is 24.8. The third-order valence-electron chi connectivity index (χ3n) is 7.33. The predicted octanol–water partition coefficient (Wildman–Crippen LogP) is 6.26. The van der Waals surface area contributed by atoms with E-state index < -0.39 is 37.8 Å². The minimum absolute atomic E-state index is 0.0378. The number of aromatic nitrogens is 3. The molecule has 0 spiro atoms. The van der Waals surface area contributed by atoms with Crippen LogP contribution < -0.4 is 9.46 Å². The third-order valence-corrected chi connectivity index (χ3v) is 8.90. The molecule has 4 aromatic rings. The van der Waals surface area contributed by atoms with Crippen molar-refractivity contribution in [1.82, 2.24) is 19.9 Å². The van der Waals surface area contributed by atoms with Gasteiger partial charge in [-0.05, 0) is 81.6 Å². The van der Waals surface area contributed by atoms with Crippen LogP contribution in [0.25, 0.3) is 22.0 Å². The standard InChI is InChI=1S/C29H29ClF2N6O3S/c1-38(2)21-7-4-17(5-8-21)14-34-29-35-15-19-12-18(6-10-23(19)36-29)26-22(31)9-11-24(27(26)32)37-42(39,40)25-13-20(30)16-33-28(25)41-3/h6,9-17,21,37H,4-5,7-8H2,1-3H3. The Morgan fingerprint density at radius 3 is 2.55 bits per heavy atom. The molecule has 1 N–H and O–H groups in total. The van der Waals surface area contributed by atoms with Gasteiger partial charge in [0.05, 0.1) is 28.9 Å². The summed E-state index contributed by atoms with van der Waals surface area (Å²) in [4.78, 5) is 19.0. The van der Waals surface area contributed by atoms with Gasteiger partial charge in [0.15, 0.2) is 10.7 Å². The van der Waals surface area contributed by atoms with Crippen LogP contribution >= 0.6 is 11.6 Å². The first-order valence-corrected chi connectivity index (χ1v) is 15.1. The van der Waals surface area contributed by atoms with Crippen molar-refractivity contribution in [2.75, 3.05) is 25.9 Å². The molecule has 0 saturated heterocycles. The number of nitrogens with one attached hydrogen (secondary N) is 1. The van der Waals surface area contributed by atoms with Crippen LogP contribution in [0.1, 0.15) is 25.7 Å². The number of fused-ring (bicyclic) bond motifs is 1. The van der Waals surface area contributed by atoms with Crippen LogP contribution in [0.3, 0.4) is 0 Å². The number of anilines is 1. The van der Waals surface area contributed by atoms with Crippen LogP contribution in [0.2, 0.25) is 5.02 Å². The first-order chi connectivity index (χ1) is 20.1. The minimum Gasteiger partial charge on any atom is -0.480 e. The SMILES string of the molecule is COc1ncc(Cl)cc1S(=O)(=O)Nc1ccc(F)c(-c2ccc3nc(N=CC4CCC(N(C)C)CC4)ncc3c2)c1F. The maximum atomic E-state index is 15.6. The van der Waals surface area contributed by atoms with E-state index in [4.69, 9.17) is 16.3 Å². The van der Waals surface area contributed by atoms with Crippen molar-refractivity contribution >= 4 is 50.4 Å². The van der Waals surface area contributed by atoms with Gasteiger partial charge in [-0.3, -0.25) is 4.72 Å². The number of benzene rings is 2. The molecule has 42 heavy (non-hydrogen) atoms. The average Bonchev–Trinajstić information content (AvgIpc) is 2.97. The lowest BCUT2D eigenvalue weighted by Gasteiger charge is -2.31. The van der Waals surface area contributed by atoms with Gasteiger partial charge in [0, 0.05) is 30.0 Å². The molecule has 13 heteroatoms. The maximum Gasteiger partial charge on any atom is 0.267 e. The van der Waals surface area contributed by atoms with E-state index in [0.29, 0.717) is 28.8 Å². The van der Waals surface area contributed by atoms with Crippen molar-refractivity contribution in [3.05, 3.63) is 65.4 Å². The molecule has 1 fully saturated rings. The van der Waals surface area contributed by atoms with E-state index in [1.54, 1.807) is 12.3 Å². The fraction of sp³-hybridized carbons (Fsp3) is 0.310. The van der Waals surface area contributed by atoms with Crippen molar-refractivity contribution < 1.29 is 21.9 Å². The summed E-state index contributed by atoms with van der Waals surface area (Å²) in [5.74, 6) is -1.52. The lowest BCUT2D eigenvalue weighted by molar-refractivity contribution is 0.215. The van der Waals surface area contributed by atoms with Crippen LogP contribution in [0, 0.1) is 17.6 Å². The molecule has 2 heterocycles. The van der Waals surface area contributed by atoms with Crippen molar-refractivity contribution in [1.29, 1.82) is 0 Å². The van der Waals surface area contributed by atoms with E-state index in [-0.39, 0.29) is 16.5 Å². The van der Waals surface area contributed by atoms with Crippen molar-refractivity contribution in [3.63, 3.8) is 0 Å². The number of aliphatic imine (C=N–C) groups is 1. The van der Waals surface area contributed by atoms with Crippen LogP contribution in [0.15, 0.2) is 58.7 Å². The van der Waals surface area contributed by atoms with Gasteiger partial charge in [0.2, 0.25) is 11.8 Å². The van der Waals surface area contributed by atoms with E-state index in [0.717, 1.165) is 43.9 Å². The fourth-order valence-corrected chi connectivity index (χ4v) is 6.46. The number of methoxy groups -OCH3 is 1. The van der Waals surface area contributed by atoms with E-state index in [2.05, 4.69) is 43.7 Å². The highest BCUT2D eigenvalue weighted by Crippen LogP contribution is 2.34. The Labute approximate surface area is 247 Å². The Balaban J connectivity index is 1.39. The smallest absolute Gasteiger partial charge is 0.267 e. The number of hydrogen-bond donors (Lipinski definition) is 1. The summed E-state index contributed by atoms with van der Waals surface area (Å²) in [6.07, 6.45) is 9.01. The van der Waals surface area contributed by atoms with Crippen molar-refractivity contribution in [2.45, 2.75) is 36.6 Å². The van der Waals surface area contributed by atoms with Crippen molar-refractivity contribution in [3.8, 4) is 17.0 Å². The predicted molar refractivity (Wildman–Crippen MR) is 159 cm³/mol. The molecular weight excluding hydrogens is 586 g/mol. The Bertz CT molecular complexity index is 1760. The largest absolute Gasteiger partial charge is 0.480 e. The number of nitrogens with zero attached hydrogens (tertiary/aromatic N) is 5. The molecule has 2 aromatic heterocycles. The lowest BCUT2D eigenvalue weighted by atomic mass is 9.86. The zero-order chi connectivity index (χ0) is 30.0. The molecule has 5 rings (SSSR count). The van der Waals surface area contributed by atoms with Crippen LogP contribution in [0.4, 0.5) is 20.4 Å². The van der Waals surface area contributed by atoms with Gasteiger partial charge in [0.25, 0.3) is 10.0 Å². The highest BCUT2D eigenvalue weighted by molar-refractivity contribution is 7.92. The van der Waals surface area contributed by atoms with Crippen LogP contribution in [0.5, 0.6) is 5.88 Å². The number of sulfonamides is 1. The number of halogens is 3. The maximum absolute atomic E-state index is 15.6. The topological polar surface area (TPSA) is 110 Å². The highest BCUT2D eigenvalue weighted by Gasteiger charge is 2.25. The monoisotopic (exact) mass is 614 g/mol. The van der Waals surface area contributed by atoms with Gasteiger partial charge in [0.1, 0.15) is 5.82 Å². The summed E-state index contributed by atoms with van der Waals surface area (Å²) in [6, 6.07) is 8.36. The molecule has 1 aliphatic carbocycles. The summed E-state index contributed by atoms with van der Waals surface area (Å²) >= 11 is 5.91. The minimum atomic E-state index is -4.39. The molecule has 1 saturated carbocycles.